The van der Waals surface area contributed by atoms with Crippen molar-refractivity contribution >= 4 is 5.73 Å². The van der Waals surface area contributed by atoms with Crippen LogP contribution in [0.25, 0.3) is 5.73 Å². The minimum atomic E-state index is 0.0782. The van der Waals surface area contributed by atoms with Gasteiger partial charge in [0.25, 0.3) is 0 Å². The van der Waals surface area contributed by atoms with Crippen molar-refractivity contribution in [3.8, 4) is 5.75 Å². The first kappa shape index (κ1) is 16.8. The summed E-state index contributed by atoms with van der Waals surface area (Å²) in [5, 5.41) is 1.81. The molecule has 0 unspecified atom stereocenters. The van der Waals surface area contributed by atoms with Crippen LogP contribution in [0.3, 0.4) is 0 Å². The summed E-state index contributed by atoms with van der Waals surface area (Å²) in [7, 11) is 0. The van der Waals surface area contributed by atoms with Crippen LogP contribution in [0.15, 0.2) is 58.4 Å². The molecule has 3 atom stereocenters. The predicted octanol–water partition coefficient (Wildman–Crippen LogP) is 1.96. The average molecular weight is 359 g/mol. The smallest absolute Gasteiger partial charge is 0.138 e. The van der Waals surface area contributed by atoms with Gasteiger partial charge >= 0.3 is 0 Å². The van der Waals surface area contributed by atoms with Crippen molar-refractivity contribution in [3.63, 3.8) is 0 Å². The molecule has 4 aliphatic rings. The molecule has 5 rings (SSSR count). The van der Waals surface area contributed by atoms with Crippen molar-refractivity contribution in [2.24, 2.45) is 10.7 Å². The van der Waals surface area contributed by atoms with Gasteiger partial charge in [-0.25, -0.2) is 4.99 Å². The van der Waals surface area contributed by atoms with Gasteiger partial charge < -0.3 is 10.5 Å². The zero-order valence-corrected chi connectivity index (χ0v) is 15.5. The molecule has 0 saturated carbocycles. The number of hydrogen-bond donors (Lipinski definition) is 1. The van der Waals surface area contributed by atoms with Crippen LogP contribution in [-0.2, 0) is 0 Å². The van der Waals surface area contributed by atoms with E-state index in [-0.39, 0.29) is 12.1 Å². The monoisotopic (exact) mass is 359 g/mol. The predicted molar refractivity (Wildman–Crippen MR) is 106 cm³/mol. The Morgan fingerprint density at radius 2 is 2.26 bits per heavy atom. The number of benzene rings is 1. The molecule has 0 radical (unpaired) electrons. The molecule has 27 heavy (non-hydrogen) atoms. The van der Waals surface area contributed by atoms with Crippen LogP contribution in [0.4, 0.5) is 0 Å². The highest BCUT2D eigenvalue weighted by Crippen LogP contribution is 2.39. The lowest BCUT2D eigenvalue weighted by molar-refractivity contribution is 0.0750. The van der Waals surface area contributed by atoms with Crippen molar-refractivity contribution in [2.75, 3.05) is 13.1 Å². The summed E-state index contributed by atoms with van der Waals surface area (Å²) in [6.45, 7) is 2.07. The maximum Gasteiger partial charge on any atom is 0.138 e. The first-order valence-corrected chi connectivity index (χ1v) is 10.0. The highest BCUT2D eigenvalue weighted by molar-refractivity contribution is 5.41. The van der Waals surface area contributed by atoms with Crippen LogP contribution >= 0.6 is 0 Å². The lowest BCUT2D eigenvalue weighted by Gasteiger charge is -2.38. The normalized spacial score (nSPS) is 29.1. The van der Waals surface area contributed by atoms with E-state index in [9.17, 15) is 0 Å². The molecule has 2 aliphatic heterocycles. The minimum Gasteiger partial charge on any atom is -0.483 e. The van der Waals surface area contributed by atoms with E-state index < -0.39 is 0 Å². The van der Waals surface area contributed by atoms with Gasteiger partial charge in [0.2, 0.25) is 0 Å². The third-order valence-corrected chi connectivity index (χ3v) is 6.12. The van der Waals surface area contributed by atoms with Gasteiger partial charge in [0.05, 0.1) is 22.8 Å². The van der Waals surface area contributed by atoms with Gasteiger partial charge in [-0.2, -0.15) is 0 Å². The van der Waals surface area contributed by atoms with Gasteiger partial charge in [-0.05, 0) is 67.7 Å². The number of fused-ring (bicyclic) bond motifs is 1. The second-order valence-corrected chi connectivity index (χ2v) is 7.88. The van der Waals surface area contributed by atoms with E-state index >= 15 is 0 Å². The largest absolute Gasteiger partial charge is 0.483 e. The fourth-order valence-electron chi connectivity index (χ4n) is 4.83. The van der Waals surface area contributed by atoms with Crippen LogP contribution < -0.4 is 21.0 Å². The summed E-state index contributed by atoms with van der Waals surface area (Å²) in [5.74, 6) is 0.858. The summed E-state index contributed by atoms with van der Waals surface area (Å²) >= 11 is 0. The SMILES string of the molecule is N[C@H]1CCCN([C@@H]2CC3=C(CCC=C3)[C@H]2Oc2cccc3c2=C=C=CN=3)C1. The van der Waals surface area contributed by atoms with E-state index in [2.05, 4.69) is 33.5 Å². The van der Waals surface area contributed by atoms with Gasteiger partial charge in [0.15, 0.2) is 0 Å². The standard InChI is InChI=1S/C23H25N3O/c24-17-7-5-13-26(15-17)21-14-16-6-1-2-8-18(16)23(21)27-22-11-3-10-20-19(22)9-4-12-25-20/h1,3,6,10-12,17,21,23H,2,5,7-8,13-15,24H2/t17-,21+,23+/m0/s1. The van der Waals surface area contributed by atoms with Crippen LogP contribution in [0.2, 0.25) is 0 Å². The summed E-state index contributed by atoms with van der Waals surface area (Å²) in [6, 6.07) is 6.67. The Kier molecular flexibility index (Phi) is 4.35. The molecule has 4 heteroatoms. The highest BCUT2D eigenvalue weighted by Gasteiger charge is 2.40. The summed E-state index contributed by atoms with van der Waals surface area (Å²) in [6.07, 6.45) is 11.9. The van der Waals surface area contributed by atoms with Crippen molar-refractivity contribution in [2.45, 2.75) is 50.3 Å². The minimum absolute atomic E-state index is 0.0782. The molecule has 1 saturated heterocycles. The molecule has 2 heterocycles. The van der Waals surface area contributed by atoms with Gasteiger partial charge in [0, 0.05) is 12.6 Å². The molecule has 138 valence electrons. The quantitative estimate of drug-likeness (QED) is 0.840. The summed E-state index contributed by atoms with van der Waals surface area (Å²) in [4.78, 5) is 6.96. The van der Waals surface area contributed by atoms with Crippen LogP contribution in [0.5, 0.6) is 5.75 Å². The first-order chi connectivity index (χ1) is 13.3. The Balaban J connectivity index is 1.52. The Hall–Kier alpha value is -2.35. The molecular weight excluding hydrogens is 334 g/mol. The molecule has 0 bridgehead atoms. The molecule has 1 fully saturated rings. The summed E-state index contributed by atoms with van der Waals surface area (Å²) < 4.78 is 6.69. The van der Waals surface area contributed by atoms with Crippen LogP contribution in [0.1, 0.15) is 32.1 Å². The topological polar surface area (TPSA) is 50.8 Å². The van der Waals surface area contributed by atoms with E-state index in [0.29, 0.717) is 6.04 Å². The fraction of sp³-hybridized carbons (Fsp3) is 0.435. The molecule has 2 N–H and O–H groups in total. The molecule has 4 nitrogen and oxygen atoms in total. The Morgan fingerprint density at radius 3 is 3.19 bits per heavy atom. The van der Waals surface area contributed by atoms with Crippen LogP contribution in [-0.4, -0.2) is 36.2 Å². The Morgan fingerprint density at radius 1 is 1.30 bits per heavy atom. The number of piperidine rings is 1. The second-order valence-electron chi connectivity index (χ2n) is 7.88. The van der Waals surface area contributed by atoms with E-state index in [1.807, 2.05) is 18.2 Å². The molecule has 0 spiro atoms. The lowest BCUT2D eigenvalue weighted by atomic mass is 9.98. The third kappa shape index (κ3) is 3.12. The third-order valence-electron chi connectivity index (χ3n) is 6.12. The van der Waals surface area contributed by atoms with Gasteiger partial charge in [0.1, 0.15) is 11.9 Å². The molecule has 1 aromatic rings. The van der Waals surface area contributed by atoms with Crippen molar-refractivity contribution in [1.29, 1.82) is 0 Å². The van der Waals surface area contributed by atoms with Crippen LogP contribution in [0, 0.1) is 0 Å². The molecular formula is C23H25N3O. The van der Waals surface area contributed by atoms with E-state index in [1.54, 1.807) is 6.20 Å². The number of allylic oxidation sites excluding steroid dienone is 2. The average Bonchev–Trinajstić information content (AvgIpc) is 3.07. The molecule has 0 aromatic heterocycles. The maximum absolute atomic E-state index is 6.69. The zero-order chi connectivity index (χ0) is 18.2. The molecule has 2 aliphatic carbocycles. The van der Waals surface area contributed by atoms with Crippen molar-refractivity contribution < 1.29 is 4.74 Å². The maximum atomic E-state index is 6.69. The van der Waals surface area contributed by atoms with Gasteiger partial charge in [-0.3, -0.25) is 4.90 Å². The van der Waals surface area contributed by atoms with Crippen molar-refractivity contribution in [3.05, 3.63) is 64.0 Å². The van der Waals surface area contributed by atoms with Gasteiger partial charge in [-0.1, -0.05) is 23.9 Å². The number of nitrogens with two attached hydrogens (primary N) is 1. The number of ether oxygens (including phenoxy) is 1. The number of likely N-dealkylation sites (tertiary alicyclic amines) is 1. The first-order valence-electron chi connectivity index (χ1n) is 10.0. The summed E-state index contributed by atoms with van der Waals surface area (Å²) in [5.41, 5.74) is 15.4. The number of rotatable bonds is 3. The molecule has 1 aromatic carbocycles. The number of nitrogens with zero attached hydrogens (tertiary/aromatic N) is 2. The lowest BCUT2D eigenvalue weighted by Crippen LogP contribution is -2.52. The van der Waals surface area contributed by atoms with E-state index in [1.165, 1.54) is 17.6 Å². The Labute approximate surface area is 159 Å². The van der Waals surface area contributed by atoms with Gasteiger partial charge in [-0.15, -0.1) is 0 Å². The van der Waals surface area contributed by atoms with E-state index in [4.69, 9.17) is 10.5 Å². The van der Waals surface area contributed by atoms with E-state index in [0.717, 1.165) is 55.1 Å². The fourth-order valence-corrected chi connectivity index (χ4v) is 4.83. The zero-order valence-electron chi connectivity index (χ0n) is 15.5. The number of hydrogen-bond acceptors (Lipinski definition) is 4. The highest BCUT2D eigenvalue weighted by atomic mass is 16.5. The molecule has 0 amide bonds. The Bertz CT molecular complexity index is 1010. The second kappa shape index (κ2) is 6.99. The van der Waals surface area contributed by atoms with Crippen molar-refractivity contribution in [1.82, 2.24) is 4.90 Å².